The Hall–Kier alpha value is -1.62. The molecule has 106 valence electrons. The van der Waals surface area contributed by atoms with Crippen molar-refractivity contribution >= 4 is 5.91 Å². The number of carbonyl (C=O) groups is 1. The van der Waals surface area contributed by atoms with Crippen LogP contribution in [0.5, 0.6) is 5.88 Å². The molecule has 0 bridgehead atoms. The molecule has 1 rings (SSSR count). The Balaban J connectivity index is 2.76. The number of nitrogens with zero attached hydrogens (tertiary/aromatic N) is 1. The molecule has 2 N–H and O–H groups in total. The molecule has 5 heteroatoms. The molecule has 1 aromatic heterocycles. The number of nitrogens with one attached hydrogen (secondary N) is 1. The second-order valence-electron chi connectivity index (χ2n) is 4.77. The van der Waals surface area contributed by atoms with Gasteiger partial charge in [-0.3, -0.25) is 4.79 Å². The summed E-state index contributed by atoms with van der Waals surface area (Å²) in [7, 11) is 0. The molecular weight excluding hydrogens is 244 g/mol. The summed E-state index contributed by atoms with van der Waals surface area (Å²) in [6.07, 6.45) is 2.31. The molecule has 5 nitrogen and oxygen atoms in total. The first-order valence-electron chi connectivity index (χ1n) is 6.58. The lowest BCUT2D eigenvalue weighted by Crippen LogP contribution is -2.38. The zero-order valence-electron chi connectivity index (χ0n) is 11.7. The summed E-state index contributed by atoms with van der Waals surface area (Å²) in [6, 6.07) is 3.10. The fraction of sp³-hybridized carbons (Fsp3) is 0.571. The molecule has 0 spiro atoms. The maximum atomic E-state index is 12.1. The van der Waals surface area contributed by atoms with Crippen LogP contribution in [0.3, 0.4) is 0 Å². The van der Waals surface area contributed by atoms with Gasteiger partial charge in [0.15, 0.2) is 0 Å². The predicted molar refractivity (Wildman–Crippen MR) is 73.2 cm³/mol. The van der Waals surface area contributed by atoms with Crippen molar-refractivity contribution in [3.05, 3.63) is 23.9 Å². The van der Waals surface area contributed by atoms with E-state index in [1.807, 2.05) is 20.8 Å². The van der Waals surface area contributed by atoms with E-state index in [0.717, 1.165) is 6.42 Å². The smallest absolute Gasteiger partial charge is 0.257 e. The Kier molecular flexibility index (Phi) is 6.29. The van der Waals surface area contributed by atoms with Gasteiger partial charge in [0.2, 0.25) is 5.88 Å². The minimum Gasteiger partial charge on any atom is -0.477 e. The lowest BCUT2D eigenvalue weighted by molar-refractivity contribution is 0.0903. The van der Waals surface area contributed by atoms with E-state index >= 15 is 0 Å². The van der Waals surface area contributed by atoms with Gasteiger partial charge in [-0.1, -0.05) is 13.8 Å². The van der Waals surface area contributed by atoms with Crippen LogP contribution < -0.4 is 10.1 Å². The van der Waals surface area contributed by atoms with Gasteiger partial charge in [-0.15, -0.1) is 0 Å². The fourth-order valence-corrected chi connectivity index (χ4v) is 1.83. The molecule has 1 unspecified atom stereocenters. The highest BCUT2D eigenvalue weighted by atomic mass is 16.5. The number of hydrogen-bond donors (Lipinski definition) is 2. The second kappa shape index (κ2) is 7.74. The van der Waals surface area contributed by atoms with E-state index in [0.29, 0.717) is 24.0 Å². The van der Waals surface area contributed by atoms with Crippen molar-refractivity contribution < 1.29 is 14.6 Å². The van der Waals surface area contributed by atoms with Crippen molar-refractivity contribution in [2.75, 3.05) is 13.2 Å². The van der Waals surface area contributed by atoms with Crippen LogP contribution in [0.25, 0.3) is 0 Å². The van der Waals surface area contributed by atoms with Gasteiger partial charge in [0, 0.05) is 6.20 Å². The monoisotopic (exact) mass is 266 g/mol. The standard InChI is InChI=1S/C14H22N2O3/c1-4-19-14-12(6-5-7-15-14)13(18)16-11(9-17)8-10(2)3/h5-7,10-11,17H,4,8-9H2,1-3H3,(H,16,18). The Labute approximate surface area is 114 Å². The highest BCUT2D eigenvalue weighted by molar-refractivity contribution is 5.96. The number of aliphatic hydroxyl groups is 1. The van der Waals surface area contributed by atoms with Gasteiger partial charge in [0.1, 0.15) is 5.56 Å². The zero-order valence-corrected chi connectivity index (χ0v) is 11.7. The quantitative estimate of drug-likeness (QED) is 0.786. The number of aliphatic hydroxyl groups excluding tert-OH is 1. The first-order valence-corrected chi connectivity index (χ1v) is 6.58. The predicted octanol–water partition coefficient (Wildman–Crippen LogP) is 1.62. The van der Waals surface area contributed by atoms with Crippen molar-refractivity contribution in [2.24, 2.45) is 5.92 Å². The molecule has 0 aliphatic rings. The maximum Gasteiger partial charge on any atom is 0.257 e. The minimum atomic E-state index is -0.267. The van der Waals surface area contributed by atoms with E-state index in [1.165, 1.54) is 0 Å². The van der Waals surface area contributed by atoms with Crippen molar-refractivity contribution in [1.29, 1.82) is 0 Å². The third-order valence-electron chi connectivity index (χ3n) is 2.61. The maximum absolute atomic E-state index is 12.1. The SMILES string of the molecule is CCOc1ncccc1C(=O)NC(CO)CC(C)C. The van der Waals surface area contributed by atoms with Gasteiger partial charge in [0.05, 0.1) is 19.3 Å². The molecule has 1 aromatic rings. The fourth-order valence-electron chi connectivity index (χ4n) is 1.83. The molecule has 1 heterocycles. The number of rotatable bonds is 7. The second-order valence-corrected chi connectivity index (χ2v) is 4.77. The van der Waals surface area contributed by atoms with Gasteiger partial charge in [-0.05, 0) is 31.4 Å². The number of aromatic nitrogens is 1. The van der Waals surface area contributed by atoms with E-state index in [4.69, 9.17) is 4.74 Å². The Morgan fingerprint density at radius 2 is 2.26 bits per heavy atom. The molecule has 19 heavy (non-hydrogen) atoms. The third kappa shape index (κ3) is 4.87. The molecule has 1 amide bonds. The number of amides is 1. The van der Waals surface area contributed by atoms with Crippen LogP contribution in [0.4, 0.5) is 0 Å². The van der Waals surface area contributed by atoms with Crippen LogP contribution in [0.1, 0.15) is 37.6 Å². The number of carbonyl (C=O) groups excluding carboxylic acids is 1. The van der Waals surface area contributed by atoms with Crippen LogP contribution in [-0.4, -0.2) is 35.3 Å². The van der Waals surface area contributed by atoms with Crippen LogP contribution in [-0.2, 0) is 0 Å². The molecule has 0 fully saturated rings. The lowest BCUT2D eigenvalue weighted by Gasteiger charge is -2.18. The summed E-state index contributed by atoms with van der Waals surface area (Å²) in [5.41, 5.74) is 0.395. The molecule has 1 atom stereocenters. The number of pyridine rings is 1. The highest BCUT2D eigenvalue weighted by Gasteiger charge is 2.18. The molecule has 0 saturated heterocycles. The lowest BCUT2D eigenvalue weighted by atomic mass is 10.0. The Morgan fingerprint density at radius 3 is 2.84 bits per heavy atom. The minimum absolute atomic E-state index is 0.0752. The third-order valence-corrected chi connectivity index (χ3v) is 2.61. The van der Waals surface area contributed by atoms with E-state index in [2.05, 4.69) is 10.3 Å². The summed E-state index contributed by atoms with van der Waals surface area (Å²) in [4.78, 5) is 16.2. The van der Waals surface area contributed by atoms with Crippen LogP contribution in [0.2, 0.25) is 0 Å². The largest absolute Gasteiger partial charge is 0.477 e. The number of ether oxygens (including phenoxy) is 1. The van der Waals surface area contributed by atoms with E-state index in [-0.39, 0.29) is 18.6 Å². The average Bonchev–Trinajstić information content (AvgIpc) is 2.38. The summed E-state index contributed by atoms with van der Waals surface area (Å²) >= 11 is 0. The van der Waals surface area contributed by atoms with Gasteiger partial charge >= 0.3 is 0 Å². The van der Waals surface area contributed by atoms with Crippen molar-refractivity contribution in [3.8, 4) is 5.88 Å². The Bertz CT molecular complexity index is 407. The first kappa shape index (κ1) is 15.4. The molecule has 0 aliphatic carbocycles. The van der Waals surface area contributed by atoms with Gasteiger partial charge in [-0.25, -0.2) is 4.98 Å². The summed E-state index contributed by atoms with van der Waals surface area (Å²) in [5.74, 6) is 0.456. The normalized spacial score (nSPS) is 12.3. The number of hydrogen-bond acceptors (Lipinski definition) is 4. The summed E-state index contributed by atoms with van der Waals surface area (Å²) < 4.78 is 5.32. The first-order chi connectivity index (χ1) is 9.08. The molecule has 0 radical (unpaired) electrons. The molecule has 0 saturated carbocycles. The van der Waals surface area contributed by atoms with Gasteiger partial charge in [0.25, 0.3) is 5.91 Å². The molecule has 0 aliphatic heterocycles. The summed E-state index contributed by atoms with van der Waals surface area (Å²) in [5, 5.41) is 12.1. The highest BCUT2D eigenvalue weighted by Crippen LogP contribution is 2.15. The van der Waals surface area contributed by atoms with Crippen molar-refractivity contribution in [2.45, 2.75) is 33.2 Å². The molecule has 0 aromatic carbocycles. The van der Waals surface area contributed by atoms with Gasteiger partial charge in [-0.2, -0.15) is 0 Å². The zero-order chi connectivity index (χ0) is 14.3. The van der Waals surface area contributed by atoms with E-state index in [1.54, 1.807) is 18.3 Å². The molecular formula is C14H22N2O3. The Morgan fingerprint density at radius 1 is 1.53 bits per heavy atom. The average molecular weight is 266 g/mol. The van der Waals surface area contributed by atoms with E-state index < -0.39 is 0 Å². The van der Waals surface area contributed by atoms with Crippen LogP contribution >= 0.6 is 0 Å². The topological polar surface area (TPSA) is 71.5 Å². The van der Waals surface area contributed by atoms with Crippen molar-refractivity contribution in [3.63, 3.8) is 0 Å². The van der Waals surface area contributed by atoms with E-state index in [9.17, 15) is 9.90 Å². The van der Waals surface area contributed by atoms with Crippen molar-refractivity contribution in [1.82, 2.24) is 10.3 Å². The van der Waals surface area contributed by atoms with Crippen LogP contribution in [0, 0.1) is 5.92 Å². The van der Waals surface area contributed by atoms with Crippen LogP contribution in [0.15, 0.2) is 18.3 Å². The van der Waals surface area contributed by atoms with Gasteiger partial charge < -0.3 is 15.2 Å². The summed E-state index contributed by atoms with van der Waals surface area (Å²) in [6.45, 7) is 6.31.